The molecule has 4 aliphatic rings. The summed E-state index contributed by atoms with van der Waals surface area (Å²) in [5.74, 6) is 0. The molecule has 0 aromatic heterocycles. The molecule has 0 bridgehead atoms. The topological polar surface area (TPSA) is 39.7 Å². The van der Waals surface area contributed by atoms with Crippen LogP contribution >= 0.6 is 0 Å². The van der Waals surface area contributed by atoms with Crippen LogP contribution in [-0.2, 0) is 5.41 Å². The SMILES string of the molecule is C1=CC2=C(NC1)C1(c3cc(C4N=C(c5ccccc5)c5ccccc5N4)ccc32)c2ccccc2N(c2ccccc2)c2ccccc21. The maximum Gasteiger partial charge on any atom is 0.145 e. The van der Waals surface area contributed by atoms with Crippen molar-refractivity contribution in [3.8, 4) is 0 Å². The van der Waals surface area contributed by atoms with Crippen molar-refractivity contribution < 1.29 is 0 Å². The fourth-order valence-electron chi connectivity index (χ4n) is 8.33. The standard InChI is InChI=1S/C44H32N4/c1-3-14-29(15-4-1)41-34-18-7-10-22-38(34)46-43(47-41)30-25-26-32-33-19-13-27-45-42(33)44(37(32)28-30)35-20-8-11-23-39(35)48(31-16-5-2-6-17-31)40-24-12-9-21-36(40)44/h1-26,28,43,45-46H,27H2. The molecule has 3 heterocycles. The summed E-state index contributed by atoms with van der Waals surface area (Å²) in [5, 5.41) is 7.68. The highest BCUT2D eigenvalue weighted by Gasteiger charge is 2.53. The van der Waals surface area contributed by atoms with Crippen LogP contribution in [0.3, 0.4) is 0 Å². The Balaban J connectivity index is 1.22. The molecule has 10 rings (SSSR count). The molecule has 1 spiro atoms. The summed E-state index contributed by atoms with van der Waals surface area (Å²) >= 11 is 0. The molecule has 0 saturated carbocycles. The zero-order chi connectivity index (χ0) is 31.7. The first-order valence-electron chi connectivity index (χ1n) is 16.7. The number of rotatable bonds is 3. The number of para-hydroxylation sites is 4. The van der Waals surface area contributed by atoms with Gasteiger partial charge in [0.05, 0.1) is 22.5 Å². The van der Waals surface area contributed by atoms with Gasteiger partial charge in [0.25, 0.3) is 0 Å². The lowest BCUT2D eigenvalue weighted by Gasteiger charge is -2.46. The number of anilines is 4. The quantitative estimate of drug-likeness (QED) is 0.208. The van der Waals surface area contributed by atoms with Crippen molar-refractivity contribution in [2.45, 2.75) is 11.6 Å². The van der Waals surface area contributed by atoms with E-state index in [0.29, 0.717) is 0 Å². The lowest BCUT2D eigenvalue weighted by atomic mass is 9.65. The number of fused-ring (bicyclic) bond motifs is 9. The van der Waals surface area contributed by atoms with Crippen molar-refractivity contribution in [2.24, 2.45) is 4.99 Å². The van der Waals surface area contributed by atoms with Crippen molar-refractivity contribution in [1.29, 1.82) is 0 Å². The molecule has 228 valence electrons. The summed E-state index contributed by atoms with van der Waals surface area (Å²) in [6.07, 6.45) is 4.31. The zero-order valence-electron chi connectivity index (χ0n) is 26.3. The van der Waals surface area contributed by atoms with Crippen molar-refractivity contribution in [2.75, 3.05) is 16.8 Å². The molecule has 1 unspecified atom stereocenters. The Morgan fingerprint density at radius 3 is 2.06 bits per heavy atom. The predicted octanol–water partition coefficient (Wildman–Crippen LogP) is 9.65. The summed E-state index contributed by atoms with van der Waals surface area (Å²) in [6, 6.07) is 54.7. The van der Waals surface area contributed by atoms with E-state index in [4.69, 9.17) is 4.99 Å². The lowest BCUT2D eigenvalue weighted by Crippen LogP contribution is -2.41. The Labute approximate surface area is 280 Å². The van der Waals surface area contributed by atoms with Crippen LogP contribution in [0.25, 0.3) is 5.57 Å². The third kappa shape index (κ3) is 3.74. The predicted molar refractivity (Wildman–Crippen MR) is 196 cm³/mol. The van der Waals surface area contributed by atoms with Crippen molar-refractivity contribution in [1.82, 2.24) is 5.32 Å². The Kier molecular flexibility index (Phi) is 5.88. The molecule has 6 aromatic carbocycles. The number of benzene rings is 6. The Morgan fingerprint density at radius 2 is 1.29 bits per heavy atom. The molecule has 0 saturated heterocycles. The molecule has 4 heteroatoms. The van der Waals surface area contributed by atoms with E-state index in [2.05, 4.69) is 179 Å². The van der Waals surface area contributed by atoms with Crippen LogP contribution in [0.4, 0.5) is 22.7 Å². The molecule has 2 N–H and O–H groups in total. The van der Waals surface area contributed by atoms with Gasteiger partial charge in [0.2, 0.25) is 0 Å². The van der Waals surface area contributed by atoms with Crippen molar-refractivity contribution >= 4 is 34.0 Å². The Bertz CT molecular complexity index is 2290. The number of nitrogens with zero attached hydrogens (tertiary/aromatic N) is 2. The first-order chi connectivity index (χ1) is 23.8. The molecule has 1 aliphatic carbocycles. The van der Waals surface area contributed by atoms with Crippen LogP contribution in [0.2, 0.25) is 0 Å². The van der Waals surface area contributed by atoms with Crippen LogP contribution in [0.1, 0.15) is 45.1 Å². The van der Waals surface area contributed by atoms with Gasteiger partial charge in [0.1, 0.15) is 6.17 Å². The number of dihydropyridines is 1. The molecular weight excluding hydrogens is 585 g/mol. The van der Waals surface area contributed by atoms with Crippen LogP contribution < -0.4 is 15.5 Å². The molecule has 0 radical (unpaired) electrons. The second kappa shape index (κ2) is 10.4. The fourth-order valence-corrected chi connectivity index (χ4v) is 8.33. The van der Waals surface area contributed by atoms with Gasteiger partial charge in [-0.25, -0.2) is 0 Å². The monoisotopic (exact) mass is 616 g/mol. The summed E-state index contributed by atoms with van der Waals surface area (Å²) in [4.78, 5) is 7.83. The lowest BCUT2D eigenvalue weighted by molar-refractivity contribution is 0.657. The second-order valence-electron chi connectivity index (χ2n) is 12.8. The minimum Gasteiger partial charge on any atom is -0.383 e. The van der Waals surface area contributed by atoms with Crippen LogP contribution in [0.5, 0.6) is 0 Å². The average Bonchev–Trinajstić information content (AvgIpc) is 3.45. The van der Waals surface area contributed by atoms with E-state index in [0.717, 1.165) is 40.3 Å². The van der Waals surface area contributed by atoms with Gasteiger partial charge < -0.3 is 15.5 Å². The smallest absolute Gasteiger partial charge is 0.145 e. The zero-order valence-corrected chi connectivity index (χ0v) is 26.3. The molecule has 4 nitrogen and oxygen atoms in total. The highest BCUT2D eigenvalue weighted by Crippen LogP contribution is 2.62. The van der Waals surface area contributed by atoms with Gasteiger partial charge in [0, 0.05) is 40.3 Å². The van der Waals surface area contributed by atoms with Crippen LogP contribution in [-0.4, -0.2) is 12.3 Å². The summed E-state index contributed by atoms with van der Waals surface area (Å²) in [5.41, 5.74) is 16.1. The molecule has 3 aliphatic heterocycles. The third-order valence-electron chi connectivity index (χ3n) is 10.3. The highest BCUT2D eigenvalue weighted by atomic mass is 15.2. The van der Waals surface area contributed by atoms with Crippen molar-refractivity contribution in [3.63, 3.8) is 0 Å². The number of nitrogens with one attached hydrogen (secondary N) is 2. The number of aliphatic imine (C=N–C) groups is 1. The average molecular weight is 617 g/mol. The van der Waals surface area contributed by atoms with Gasteiger partial charge in [-0.2, -0.15) is 0 Å². The second-order valence-corrected chi connectivity index (χ2v) is 12.8. The molecule has 48 heavy (non-hydrogen) atoms. The molecule has 0 amide bonds. The minimum atomic E-state index is -0.525. The maximum absolute atomic E-state index is 5.41. The van der Waals surface area contributed by atoms with Crippen molar-refractivity contribution in [3.05, 3.63) is 208 Å². The van der Waals surface area contributed by atoms with Gasteiger partial charge in [-0.3, -0.25) is 4.99 Å². The first-order valence-corrected chi connectivity index (χ1v) is 16.7. The molecular formula is C44H32N4. The van der Waals surface area contributed by atoms with E-state index in [1.54, 1.807) is 0 Å². The highest BCUT2D eigenvalue weighted by molar-refractivity contribution is 6.17. The van der Waals surface area contributed by atoms with E-state index in [1.165, 1.54) is 44.9 Å². The van der Waals surface area contributed by atoms with E-state index in [1.807, 2.05) is 0 Å². The Hall–Kier alpha value is -6.13. The molecule has 1 atom stereocenters. The third-order valence-corrected chi connectivity index (χ3v) is 10.3. The summed E-state index contributed by atoms with van der Waals surface area (Å²) in [7, 11) is 0. The first kappa shape index (κ1) is 27.0. The molecule has 6 aromatic rings. The largest absolute Gasteiger partial charge is 0.383 e. The fraction of sp³-hybridized carbons (Fsp3) is 0.0682. The van der Waals surface area contributed by atoms with E-state index < -0.39 is 5.41 Å². The van der Waals surface area contributed by atoms with Crippen LogP contribution in [0.15, 0.2) is 175 Å². The summed E-state index contributed by atoms with van der Waals surface area (Å²) in [6.45, 7) is 0.792. The van der Waals surface area contributed by atoms with Gasteiger partial charge in [-0.15, -0.1) is 0 Å². The van der Waals surface area contributed by atoms with E-state index in [-0.39, 0.29) is 6.17 Å². The summed E-state index contributed by atoms with van der Waals surface area (Å²) < 4.78 is 0. The number of hydrogen-bond donors (Lipinski definition) is 2. The maximum atomic E-state index is 5.41. The Morgan fingerprint density at radius 1 is 0.625 bits per heavy atom. The van der Waals surface area contributed by atoms with Gasteiger partial charge >= 0.3 is 0 Å². The van der Waals surface area contributed by atoms with Gasteiger partial charge in [0.15, 0.2) is 0 Å². The minimum absolute atomic E-state index is 0.242. The number of hydrogen-bond acceptors (Lipinski definition) is 4. The van der Waals surface area contributed by atoms with E-state index >= 15 is 0 Å². The van der Waals surface area contributed by atoms with E-state index in [9.17, 15) is 0 Å². The normalized spacial score (nSPS) is 17.7. The number of allylic oxidation sites excluding steroid dienone is 3. The van der Waals surface area contributed by atoms with Gasteiger partial charge in [-0.05, 0) is 64.2 Å². The van der Waals surface area contributed by atoms with Gasteiger partial charge in [-0.1, -0.05) is 127 Å². The molecule has 0 fully saturated rings. The van der Waals surface area contributed by atoms with Crippen LogP contribution in [0, 0.1) is 0 Å².